The Morgan fingerprint density at radius 1 is 1.75 bits per heavy atom. The Labute approximate surface area is 49.4 Å². The molecule has 0 aromatic heterocycles. The van der Waals surface area contributed by atoms with Crippen molar-refractivity contribution >= 4 is 5.78 Å². The minimum absolute atomic E-state index is 0.281. The van der Waals surface area contributed by atoms with Crippen molar-refractivity contribution in [3.8, 4) is 0 Å². The highest BCUT2D eigenvalue weighted by molar-refractivity contribution is 5.90. The Bertz CT molecular complexity index is 124. The van der Waals surface area contributed by atoms with E-state index in [1.165, 1.54) is 0 Å². The zero-order chi connectivity index (χ0) is 5.98. The van der Waals surface area contributed by atoms with Crippen LogP contribution in [0.3, 0.4) is 0 Å². The lowest BCUT2D eigenvalue weighted by atomic mass is 9.97. The van der Waals surface area contributed by atoms with Crippen molar-refractivity contribution in [2.45, 2.75) is 19.8 Å². The number of rotatable bonds is 0. The second-order valence-electron chi connectivity index (χ2n) is 2.34. The lowest BCUT2D eigenvalue weighted by Crippen LogP contribution is -2.03. The molecule has 1 atom stereocenters. The fourth-order valence-corrected chi connectivity index (χ4v) is 0.821. The molecule has 1 heteroatoms. The van der Waals surface area contributed by atoms with Crippen molar-refractivity contribution in [2.75, 3.05) is 0 Å². The highest BCUT2D eigenvalue weighted by atomic mass is 16.1. The number of carbonyl (C=O) groups is 1. The van der Waals surface area contributed by atoms with E-state index in [0.717, 1.165) is 12.8 Å². The molecule has 1 aliphatic rings. The first-order valence-electron chi connectivity index (χ1n) is 3.00. The number of hydrogen-bond donors (Lipinski definition) is 0. The van der Waals surface area contributed by atoms with Crippen molar-refractivity contribution in [3.63, 3.8) is 0 Å². The van der Waals surface area contributed by atoms with Crippen LogP contribution in [0.4, 0.5) is 0 Å². The first-order chi connectivity index (χ1) is 3.79. The summed E-state index contributed by atoms with van der Waals surface area (Å²) in [4.78, 5) is 10.5. The summed E-state index contributed by atoms with van der Waals surface area (Å²) in [5.74, 6) is 0.899. The minimum atomic E-state index is 0.281. The van der Waals surface area contributed by atoms with Crippen molar-refractivity contribution in [3.05, 3.63) is 12.2 Å². The van der Waals surface area contributed by atoms with E-state index in [2.05, 4.69) is 6.92 Å². The van der Waals surface area contributed by atoms with Gasteiger partial charge in [-0.25, -0.2) is 0 Å². The van der Waals surface area contributed by atoms with E-state index in [1.54, 1.807) is 6.08 Å². The van der Waals surface area contributed by atoms with Crippen LogP contribution in [-0.4, -0.2) is 5.78 Å². The highest BCUT2D eigenvalue weighted by Gasteiger charge is 2.06. The summed E-state index contributed by atoms with van der Waals surface area (Å²) in [5, 5.41) is 0. The van der Waals surface area contributed by atoms with Crippen LogP contribution in [0.15, 0.2) is 12.2 Å². The summed E-state index contributed by atoms with van der Waals surface area (Å²) in [6, 6.07) is 0. The van der Waals surface area contributed by atoms with Gasteiger partial charge in [0.2, 0.25) is 0 Å². The second kappa shape index (κ2) is 2.12. The van der Waals surface area contributed by atoms with E-state index in [9.17, 15) is 4.79 Å². The monoisotopic (exact) mass is 110 g/mol. The molecule has 0 fully saturated rings. The molecule has 1 nitrogen and oxygen atoms in total. The minimum Gasteiger partial charge on any atom is -0.295 e. The van der Waals surface area contributed by atoms with E-state index in [1.807, 2.05) is 6.08 Å². The summed E-state index contributed by atoms with van der Waals surface area (Å²) in [6.45, 7) is 2.13. The van der Waals surface area contributed by atoms with Gasteiger partial charge in [0, 0.05) is 6.42 Å². The van der Waals surface area contributed by atoms with Crippen molar-refractivity contribution in [1.82, 2.24) is 0 Å². The van der Waals surface area contributed by atoms with Crippen LogP contribution in [0.25, 0.3) is 0 Å². The summed E-state index contributed by atoms with van der Waals surface area (Å²) >= 11 is 0. The van der Waals surface area contributed by atoms with Gasteiger partial charge in [-0.2, -0.15) is 0 Å². The summed E-state index contributed by atoms with van der Waals surface area (Å²) < 4.78 is 0. The Balaban J connectivity index is 2.55. The maximum absolute atomic E-state index is 10.5. The molecule has 0 N–H and O–H groups in total. The van der Waals surface area contributed by atoms with Crippen LogP contribution < -0.4 is 0 Å². The third-order valence-electron chi connectivity index (χ3n) is 1.46. The van der Waals surface area contributed by atoms with Gasteiger partial charge in [-0.15, -0.1) is 0 Å². The maximum Gasteiger partial charge on any atom is 0.155 e. The predicted molar refractivity (Wildman–Crippen MR) is 32.5 cm³/mol. The van der Waals surface area contributed by atoms with Crippen LogP contribution in [0, 0.1) is 5.92 Å². The van der Waals surface area contributed by atoms with Crippen LogP contribution in [0.5, 0.6) is 0 Å². The molecular weight excluding hydrogens is 100 g/mol. The van der Waals surface area contributed by atoms with Crippen LogP contribution in [-0.2, 0) is 4.79 Å². The van der Waals surface area contributed by atoms with E-state index >= 15 is 0 Å². The molecule has 0 bridgehead atoms. The van der Waals surface area contributed by atoms with Gasteiger partial charge in [0.05, 0.1) is 0 Å². The molecule has 0 amide bonds. The van der Waals surface area contributed by atoms with Crippen LogP contribution in [0.2, 0.25) is 0 Å². The first-order valence-corrected chi connectivity index (χ1v) is 3.00. The van der Waals surface area contributed by atoms with Gasteiger partial charge in [-0.3, -0.25) is 4.79 Å². The molecule has 0 unspecified atom stereocenters. The van der Waals surface area contributed by atoms with Gasteiger partial charge < -0.3 is 0 Å². The van der Waals surface area contributed by atoms with Gasteiger partial charge >= 0.3 is 0 Å². The summed E-state index contributed by atoms with van der Waals surface area (Å²) in [6.07, 6.45) is 5.45. The molecule has 0 heterocycles. The maximum atomic E-state index is 10.5. The molecule has 1 rings (SSSR count). The van der Waals surface area contributed by atoms with E-state index in [4.69, 9.17) is 0 Å². The van der Waals surface area contributed by atoms with Crippen LogP contribution >= 0.6 is 0 Å². The smallest absolute Gasteiger partial charge is 0.155 e. The normalized spacial score (nSPS) is 28.6. The molecule has 44 valence electrons. The summed E-state index contributed by atoms with van der Waals surface area (Å²) in [7, 11) is 0. The highest BCUT2D eigenvalue weighted by Crippen LogP contribution is 2.12. The molecule has 8 heavy (non-hydrogen) atoms. The van der Waals surface area contributed by atoms with Crippen molar-refractivity contribution in [2.24, 2.45) is 5.92 Å². The average molecular weight is 110 g/mol. The van der Waals surface area contributed by atoms with E-state index in [-0.39, 0.29) is 5.78 Å². The fourth-order valence-electron chi connectivity index (χ4n) is 0.821. The molecule has 0 spiro atoms. The lowest BCUT2D eigenvalue weighted by Gasteiger charge is -2.07. The van der Waals surface area contributed by atoms with E-state index < -0.39 is 0 Å². The molecule has 0 aliphatic heterocycles. The molecule has 1 aliphatic carbocycles. The topological polar surface area (TPSA) is 17.1 Å². The zero-order valence-electron chi connectivity index (χ0n) is 5.05. The molecular formula is C7H10O. The van der Waals surface area contributed by atoms with Gasteiger partial charge in [0.15, 0.2) is 5.78 Å². The largest absolute Gasteiger partial charge is 0.295 e. The Morgan fingerprint density at radius 2 is 2.50 bits per heavy atom. The third kappa shape index (κ3) is 1.19. The van der Waals surface area contributed by atoms with Gasteiger partial charge in [0.25, 0.3) is 0 Å². The van der Waals surface area contributed by atoms with Gasteiger partial charge in [-0.1, -0.05) is 13.0 Å². The SMILES string of the molecule is C[C@H]1C=CC(=O)CC1. The van der Waals surface area contributed by atoms with Crippen molar-refractivity contribution < 1.29 is 4.79 Å². The lowest BCUT2D eigenvalue weighted by molar-refractivity contribution is -0.115. The number of carbonyl (C=O) groups excluding carboxylic acids is 1. The first kappa shape index (κ1) is 5.54. The molecule has 0 aromatic rings. The molecule has 0 radical (unpaired) electrons. The molecule has 0 saturated heterocycles. The Hall–Kier alpha value is -0.590. The third-order valence-corrected chi connectivity index (χ3v) is 1.46. The second-order valence-corrected chi connectivity index (χ2v) is 2.34. The Kier molecular flexibility index (Phi) is 1.47. The number of ketones is 1. The summed E-state index contributed by atoms with van der Waals surface area (Å²) in [5.41, 5.74) is 0. The fraction of sp³-hybridized carbons (Fsp3) is 0.571. The van der Waals surface area contributed by atoms with Crippen LogP contribution in [0.1, 0.15) is 19.8 Å². The van der Waals surface area contributed by atoms with Crippen molar-refractivity contribution in [1.29, 1.82) is 0 Å². The standard InChI is InChI=1S/C7H10O/c1-6-2-4-7(8)5-3-6/h2,4,6H,3,5H2,1H3/t6-/m0/s1. The average Bonchev–Trinajstić information content (AvgIpc) is 1.77. The Morgan fingerprint density at radius 3 is 2.88 bits per heavy atom. The number of allylic oxidation sites excluding steroid dienone is 2. The zero-order valence-corrected chi connectivity index (χ0v) is 5.05. The quantitative estimate of drug-likeness (QED) is 0.462. The van der Waals surface area contributed by atoms with Gasteiger partial charge in [-0.05, 0) is 18.4 Å². The number of hydrogen-bond acceptors (Lipinski definition) is 1. The molecule has 0 aromatic carbocycles. The van der Waals surface area contributed by atoms with E-state index in [0.29, 0.717) is 5.92 Å². The molecule has 0 saturated carbocycles. The predicted octanol–water partition coefficient (Wildman–Crippen LogP) is 1.54. The van der Waals surface area contributed by atoms with Gasteiger partial charge in [0.1, 0.15) is 0 Å².